The van der Waals surface area contributed by atoms with Gasteiger partial charge in [-0.3, -0.25) is 9.69 Å². The monoisotopic (exact) mass is 520 g/mol. The molecule has 0 aromatic heterocycles. The average Bonchev–Trinajstić information content (AvgIpc) is 2.91. The van der Waals surface area contributed by atoms with Crippen molar-refractivity contribution in [2.45, 2.75) is 57.4 Å². The lowest BCUT2D eigenvalue weighted by atomic mass is 9.87. The highest BCUT2D eigenvalue weighted by Gasteiger charge is 2.24. The lowest BCUT2D eigenvalue weighted by Crippen LogP contribution is -2.35. The molecule has 1 atom stereocenters. The fourth-order valence-corrected chi connectivity index (χ4v) is 6.14. The van der Waals surface area contributed by atoms with Gasteiger partial charge in [-0.25, -0.2) is 0 Å². The molecule has 3 aromatic rings. The summed E-state index contributed by atoms with van der Waals surface area (Å²) in [6, 6.07) is 21.0. The zero-order valence-electron chi connectivity index (χ0n) is 21.0. The Bertz CT molecular complexity index is 1240. The number of carbonyl (C=O) groups is 1. The first-order valence-electron chi connectivity index (χ1n) is 13.2. The highest BCUT2D eigenvalue weighted by atomic mass is 35.5. The zero-order chi connectivity index (χ0) is 25.1. The predicted octanol–water partition coefficient (Wildman–Crippen LogP) is 7.92. The van der Waals surface area contributed by atoms with Crippen LogP contribution in [-0.4, -0.2) is 30.9 Å². The molecule has 1 amide bonds. The van der Waals surface area contributed by atoms with Crippen LogP contribution in [0.5, 0.6) is 0 Å². The quantitative estimate of drug-likeness (QED) is 0.315. The highest BCUT2D eigenvalue weighted by Crippen LogP contribution is 2.34. The summed E-state index contributed by atoms with van der Waals surface area (Å²) >= 11 is 12.6. The molecule has 0 spiro atoms. The molecule has 0 saturated carbocycles. The molecule has 2 aliphatic rings. The van der Waals surface area contributed by atoms with Crippen LogP contribution in [0, 0.1) is 0 Å². The van der Waals surface area contributed by atoms with Gasteiger partial charge >= 0.3 is 0 Å². The second kappa shape index (κ2) is 11.4. The van der Waals surface area contributed by atoms with Gasteiger partial charge in [0.25, 0.3) is 5.91 Å². The van der Waals surface area contributed by atoms with Gasteiger partial charge in [0.1, 0.15) is 0 Å². The first-order valence-corrected chi connectivity index (χ1v) is 13.9. The summed E-state index contributed by atoms with van der Waals surface area (Å²) in [5.74, 6) is 0.0208. The van der Waals surface area contributed by atoms with Gasteiger partial charge in [0.05, 0.1) is 10.0 Å². The lowest BCUT2D eigenvalue weighted by Gasteiger charge is -2.34. The maximum atomic E-state index is 13.8. The van der Waals surface area contributed by atoms with Crippen molar-refractivity contribution in [1.82, 2.24) is 4.90 Å². The summed E-state index contributed by atoms with van der Waals surface area (Å²) in [5.41, 5.74) is 7.16. The molecule has 5 rings (SSSR count). The molecule has 3 nitrogen and oxygen atoms in total. The topological polar surface area (TPSA) is 23.6 Å². The molecule has 0 radical (unpaired) electrons. The van der Waals surface area contributed by atoms with E-state index in [2.05, 4.69) is 48.3 Å². The molecule has 0 heterocycles. The molecule has 0 fully saturated rings. The molecule has 0 saturated heterocycles. The number of fused-ring (bicyclic) bond motifs is 2. The molecular formula is C31H34Cl2N2O. The van der Waals surface area contributed by atoms with Crippen LogP contribution >= 0.6 is 23.2 Å². The zero-order valence-corrected chi connectivity index (χ0v) is 22.5. The van der Waals surface area contributed by atoms with E-state index in [1.807, 2.05) is 17.0 Å². The standard InChI is InChI=1S/C31H34Cl2N2O/c1-34(30-13-6-11-23-9-4-5-12-27(23)30)18-7-19-35(26-16-17-28(32)29(33)21-26)31(36)25-15-14-22-8-2-3-10-24(22)20-25/h4-5,9,12,14-17,20-21,30H,2-3,6-8,10-11,13,18-19H2,1H3. The van der Waals surface area contributed by atoms with Gasteiger partial charge in [-0.15, -0.1) is 0 Å². The van der Waals surface area contributed by atoms with Crippen molar-refractivity contribution >= 4 is 34.8 Å². The van der Waals surface area contributed by atoms with E-state index in [-0.39, 0.29) is 5.91 Å². The van der Waals surface area contributed by atoms with Gasteiger partial charge in [-0.1, -0.05) is 53.5 Å². The Hall–Kier alpha value is -2.33. The number of halogens is 2. The summed E-state index contributed by atoms with van der Waals surface area (Å²) in [7, 11) is 2.21. The molecule has 0 aliphatic heterocycles. The highest BCUT2D eigenvalue weighted by molar-refractivity contribution is 6.42. The van der Waals surface area contributed by atoms with Gasteiger partial charge in [-0.05, 0) is 111 Å². The van der Waals surface area contributed by atoms with Crippen LogP contribution in [0.15, 0.2) is 60.7 Å². The Morgan fingerprint density at radius 3 is 2.44 bits per heavy atom. The summed E-state index contributed by atoms with van der Waals surface area (Å²) in [5, 5.41) is 0.964. The van der Waals surface area contributed by atoms with Crippen LogP contribution in [0.3, 0.4) is 0 Å². The fourth-order valence-electron chi connectivity index (χ4n) is 5.84. The van der Waals surface area contributed by atoms with Crippen LogP contribution in [-0.2, 0) is 19.3 Å². The maximum Gasteiger partial charge on any atom is 0.258 e. The average molecular weight is 522 g/mol. The van der Waals surface area contributed by atoms with Gasteiger partial charge < -0.3 is 4.90 Å². The van der Waals surface area contributed by atoms with Crippen LogP contribution < -0.4 is 4.90 Å². The molecule has 36 heavy (non-hydrogen) atoms. The van der Waals surface area contributed by atoms with Crippen LogP contribution in [0.4, 0.5) is 5.69 Å². The van der Waals surface area contributed by atoms with Gasteiger partial charge in [0, 0.05) is 30.4 Å². The number of hydrogen-bond donors (Lipinski definition) is 0. The maximum absolute atomic E-state index is 13.8. The van der Waals surface area contributed by atoms with E-state index >= 15 is 0 Å². The van der Waals surface area contributed by atoms with E-state index in [4.69, 9.17) is 23.2 Å². The molecule has 1 unspecified atom stereocenters. The first-order chi connectivity index (χ1) is 17.5. The number of rotatable bonds is 7. The van der Waals surface area contributed by atoms with Gasteiger partial charge in [0.2, 0.25) is 0 Å². The van der Waals surface area contributed by atoms with Crippen molar-refractivity contribution < 1.29 is 4.79 Å². The van der Waals surface area contributed by atoms with E-state index in [1.165, 1.54) is 54.4 Å². The molecule has 0 N–H and O–H groups in total. The lowest BCUT2D eigenvalue weighted by molar-refractivity contribution is 0.0985. The third kappa shape index (κ3) is 5.49. The number of benzene rings is 3. The van der Waals surface area contributed by atoms with Crippen molar-refractivity contribution in [2.24, 2.45) is 0 Å². The van der Waals surface area contributed by atoms with E-state index in [9.17, 15) is 4.79 Å². The Kier molecular flexibility index (Phi) is 8.00. The van der Waals surface area contributed by atoms with Crippen molar-refractivity contribution in [3.63, 3.8) is 0 Å². The summed E-state index contributed by atoms with van der Waals surface area (Å²) in [4.78, 5) is 18.1. The van der Waals surface area contributed by atoms with Crippen LogP contribution in [0.1, 0.15) is 70.8 Å². The molecule has 188 valence electrons. The minimum Gasteiger partial charge on any atom is -0.308 e. The van der Waals surface area contributed by atoms with E-state index < -0.39 is 0 Å². The number of aryl methyl sites for hydroxylation is 3. The van der Waals surface area contributed by atoms with Gasteiger partial charge in [0.15, 0.2) is 0 Å². The molecule has 3 aromatic carbocycles. The smallest absolute Gasteiger partial charge is 0.258 e. The number of nitrogens with zero attached hydrogens (tertiary/aromatic N) is 2. The fraction of sp³-hybridized carbons (Fsp3) is 0.387. The molecule has 0 bridgehead atoms. The molecule has 5 heteroatoms. The largest absolute Gasteiger partial charge is 0.308 e. The third-order valence-electron chi connectivity index (χ3n) is 7.82. The Labute approximate surface area is 225 Å². The number of carbonyl (C=O) groups excluding carboxylic acids is 1. The molecular weight excluding hydrogens is 487 g/mol. The minimum atomic E-state index is 0.0208. The van der Waals surface area contributed by atoms with E-state index in [1.54, 1.807) is 12.1 Å². The van der Waals surface area contributed by atoms with Crippen LogP contribution in [0.25, 0.3) is 0 Å². The summed E-state index contributed by atoms with van der Waals surface area (Å²) < 4.78 is 0. The summed E-state index contributed by atoms with van der Waals surface area (Å²) in [6.07, 6.45) is 9.02. The second-order valence-electron chi connectivity index (χ2n) is 10.2. The van der Waals surface area contributed by atoms with E-state index in [0.29, 0.717) is 22.6 Å². The molecule has 2 aliphatic carbocycles. The van der Waals surface area contributed by atoms with Gasteiger partial charge in [-0.2, -0.15) is 0 Å². The van der Waals surface area contributed by atoms with E-state index in [0.717, 1.165) is 37.1 Å². The summed E-state index contributed by atoms with van der Waals surface area (Å²) in [6.45, 7) is 1.53. The van der Waals surface area contributed by atoms with Crippen molar-refractivity contribution in [1.29, 1.82) is 0 Å². The number of hydrogen-bond acceptors (Lipinski definition) is 2. The predicted molar refractivity (Wildman–Crippen MR) is 151 cm³/mol. The second-order valence-corrected chi connectivity index (χ2v) is 11.0. The Morgan fingerprint density at radius 1 is 0.833 bits per heavy atom. The third-order valence-corrected chi connectivity index (χ3v) is 8.56. The Balaban J connectivity index is 1.33. The first kappa shape index (κ1) is 25.3. The van der Waals surface area contributed by atoms with Crippen molar-refractivity contribution in [2.75, 3.05) is 25.0 Å². The number of amides is 1. The number of anilines is 1. The van der Waals surface area contributed by atoms with Crippen LogP contribution in [0.2, 0.25) is 10.0 Å². The van der Waals surface area contributed by atoms with Crippen molar-refractivity contribution in [3.05, 3.63) is 98.5 Å². The van der Waals surface area contributed by atoms with Crippen molar-refractivity contribution in [3.8, 4) is 0 Å². The minimum absolute atomic E-state index is 0.0208. The SMILES string of the molecule is CN(CCCN(C(=O)c1ccc2c(c1)CCCC2)c1ccc(Cl)c(Cl)c1)C1CCCc2ccccc21. The normalized spacial score (nSPS) is 16.9. The Morgan fingerprint density at radius 2 is 1.61 bits per heavy atom.